The van der Waals surface area contributed by atoms with Crippen molar-refractivity contribution in [1.29, 1.82) is 0 Å². The Labute approximate surface area is 179 Å². The molecule has 29 heavy (non-hydrogen) atoms. The summed E-state index contributed by atoms with van der Waals surface area (Å²) in [5.74, 6) is -0.385. The zero-order valence-corrected chi connectivity index (χ0v) is 18.6. The third kappa shape index (κ3) is 13.9. The molecule has 162 valence electrons. The average Bonchev–Trinajstić information content (AvgIpc) is 2.76. The number of rotatable bonds is 18. The number of hydrogen-bond acceptors (Lipinski definition) is 2. The summed E-state index contributed by atoms with van der Waals surface area (Å²) in [6.45, 7) is 5.76. The number of unbranched alkanes of at least 4 members (excludes halogenated alkanes) is 13. The summed E-state index contributed by atoms with van der Waals surface area (Å²) in [6.07, 6.45) is 23.9. The summed E-state index contributed by atoms with van der Waals surface area (Å²) in [5, 5.41) is 0. The van der Waals surface area contributed by atoms with Crippen molar-refractivity contribution in [3.8, 4) is 0 Å². The lowest BCUT2D eigenvalue weighted by Crippen LogP contribution is -2.06. The van der Waals surface area contributed by atoms with Gasteiger partial charge >= 0.3 is 5.97 Å². The maximum atomic E-state index is 11.6. The van der Waals surface area contributed by atoms with Gasteiger partial charge in [0.25, 0.3) is 0 Å². The first kappa shape index (κ1) is 25.2. The van der Waals surface area contributed by atoms with E-state index in [1.165, 1.54) is 89.5 Å². The second-order valence-corrected chi connectivity index (χ2v) is 7.93. The molecule has 0 N–H and O–H groups in total. The lowest BCUT2D eigenvalue weighted by atomic mass is 10.0. The lowest BCUT2D eigenvalue weighted by Gasteiger charge is -2.13. The number of hydrogen-bond donors (Lipinski definition) is 0. The fraction of sp³-hybridized carbons (Fsp3) is 0.593. The number of carbonyl (C=O) groups is 1. The monoisotopic (exact) mass is 398 g/mol. The number of ether oxygens (including phenoxy) is 1. The highest BCUT2D eigenvalue weighted by atomic mass is 16.5. The molecule has 0 aromatic heterocycles. The molecule has 0 radical (unpaired) electrons. The van der Waals surface area contributed by atoms with E-state index in [9.17, 15) is 4.79 Å². The van der Waals surface area contributed by atoms with E-state index in [1.54, 1.807) is 0 Å². The molecule has 0 heterocycles. The van der Waals surface area contributed by atoms with E-state index in [0.29, 0.717) is 0 Å². The summed E-state index contributed by atoms with van der Waals surface area (Å²) < 4.78 is 5.46. The second kappa shape index (κ2) is 18.2. The molecule has 1 atom stereocenters. The van der Waals surface area contributed by atoms with E-state index in [0.717, 1.165) is 12.0 Å². The molecule has 0 fully saturated rings. The Bertz CT molecular complexity index is 547. The first-order chi connectivity index (χ1) is 14.3. The van der Waals surface area contributed by atoms with E-state index in [4.69, 9.17) is 4.74 Å². The van der Waals surface area contributed by atoms with Gasteiger partial charge in [-0.05, 0) is 24.5 Å². The Balaban J connectivity index is 2.06. The van der Waals surface area contributed by atoms with Crippen LogP contribution in [-0.2, 0) is 9.53 Å². The molecular weight excluding hydrogens is 356 g/mol. The predicted molar refractivity (Wildman–Crippen MR) is 125 cm³/mol. The number of carbonyl (C=O) groups excluding carboxylic acids is 1. The third-order valence-corrected chi connectivity index (χ3v) is 5.32. The van der Waals surface area contributed by atoms with Crippen molar-refractivity contribution in [2.75, 3.05) is 0 Å². The maximum Gasteiger partial charge on any atom is 0.331 e. The molecule has 0 saturated carbocycles. The van der Waals surface area contributed by atoms with Crippen LogP contribution in [0, 0.1) is 0 Å². The van der Waals surface area contributed by atoms with Crippen LogP contribution in [0.25, 0.3) is 0 Å². The molecule has 2 nitrogen and oxygen atoms in total. The van der Waals surface area contributed by atoms with Crippen LogP contribution < -0.4 is 0 Å². The van der Waals surface area contributed by atoms with Crippen LogP contribution in [0.15, 0.2) is 55.1 Å². The van der Waals surface area contributed by atoms with Crippen molar-refractivity contribution in [2.24, 2.45) is 0 Å². The zero-order chi connectivity index (χ0) is 21.0. The van der Waals surface area contributed by atoms with Crippen molar-refractivity contribution in [2.45, 2.75) is 103 Å². The van der Waals surface area contributed by atoms with Gasteiger partial charge in [-0.25, -0.2) is 4.79 Å². The van der Waals surface area contributed by atoms with Crippen molar-refractivity contribution in [1.82, 2.24) is 0 Å². The minimum atomic E-state index is -0.385. The van der Waals surface area contributed by atoms with E-state index >= 15 is 0 Å². The Hall–Kier alpha value is -1.83. The number of esters is 1. The van der Waals surface area contributed by atoms with Crippen molar-refractivity contribution >= 4 is 5.97 Å². The summed E-state index contributed by atoms with van der Waals surface area (Å²) in [4.78, 5) is 11.6. The number of benzene rings is 1. The van der Waals surface area contributed by atoms with E-state index in [-0.39, 0.29) is 12.1 Å². The van der Waals surface area contributed by atoms with Gasteiger partial charge in [-0.3, -0.25) is 0 Å². The Morgan fingerprint density at radius 3 is 1.90 bits per heavy atom. The first-order valence-corrected chi connectivity index (χ1v) is 11.8. The lowest BCUT2D eigenvalue weighted by molar-refractivity contribution is -0.141. The van der Waals surface area contributed by atoms with Gasteiger partial charge in [-0.2, -0.15) is 0 Å². The SMILES string of the molecule is C=CC(=O)OC(C=CCCCCCCCCCCCCCCC)c1ccccc1. The molecule has 1 aromatic rings. The van der Waals surface area contributed by atoms with Crippen LogP contribution in [0.2, 0.25) is 0 Å². The summed E-state index contributed by atoms with van der Waals surface area (Å²) in [6, 6.07) is 9.86. The highest BCUT2D eigenvalue weighted by molar-refractivity contribution is 5.81. The standard InChI is InChI=1S/C27H42O2/c1-3-5-6-7-8-9-10-11-12-13-14-15-16-17-21-24-26(29-27(28)4-2)25-22-19-18-20-23-25/h4,18-24,26H,2-3,5-17H2,1H3. The second-order valence-electron chi connectivity index (χ2n) is 7.93. The molecule has 0 aliphatic rings. The third-order valence-electron chi connectivity index (χ3n) is 5.32. The fourth-order valence-electron chi connectivity index (χ4n) is 3.53. The van der Waals surface area contributed by atoms with Crippen molar-refractivity contribution in [3.63, 3.8) is 0 Å². The Kier molecular flexibility index (Phi) is 15.8. The molecule has 0 aliphatic heterocycles. The van der Waals surface area contributed by atoms with Gasteiger partial charge < -0.3 is 4.74 Å². The topological polar surface area (TPSA) is 26.3 Å². The van der Waals surface area contributed by atoms with Crippen LogP contribution in [-0.4, -0.2) is 5.97 Å². The molecule has 0 bridgehead atoms. The average molecular weight is 399 g/mol. The maximum absolute atomic E-state index is 11.6. The van der Waals surface area contributed by atoms with Crippen LogP contribution >= 0.6 is 0 Å². The van der Waals surface area contributed by atoms with Crippen LogP contribution in [0.3, 0.4) is 0 Å². The first-order valence-electron chi connectivity index (χ1n) is 11.8. The van der Waals surface area contributed by atoms with Crippen LogP contribution in [0.5, 0.6) is 0 Å². The minimum Gasteiger partial charge on any atom is -0.450 e. The number of allylic oxidation sites excluding steroid dienone is 1. The summed E-state index contributed by atoms with van der Waals surface area (Å²) in [5.41, 5.74) is 0.990. The van der Waals surface area contributed by atoms with E-state index in [1.807, 2.05) is 36.4 Å². The minimum absolute atomic E-state index is 0.330. The summed E-state index contributed by atoms with van der Waals surface area (Å²) >= 11 is 0. The Morgan fingerprint density at radius 2 is 1.38 bits per heavy atom. The molecule has 1 aromatic carbocycles. The van der Waals surface area contributed by atoms with Gasteiger partial charge in [-0.15, -0.1) is 0 Å². The molecule has 0 saturated heterocycles. The van der Waals surface area contributed by atoms with E-state index < -0.39 is 0 Å². The molecule has 2 heteroatoms. The van der Waals surface area contributed by atoms with Gasteiger partial charge in [-0.1, -0.05) is 127 Å². The quantitative estimate of drug-likeness (QED) is 0.107. The molecule has 1 rings (SSSR count). The van der Waals surface area contributed by atoms with Gasteiger partial charge in [0.1, 0.15) is 6.10 Å². The van der Waals surface area contributed by atoms with Crippen LogP contribution in [0.4, 0.5) is 0 Å². The zero-order valence-electron chi connectivity index (χ0n) is 18.6. The van der Waals surface area contributed by atoms with Gasteiger partial charge in [0.2, 0.25) is 0 Å². The normalized spacial score (nSPS) is 12.2. The van der Waals surface area contributed by atoms with Crippen molar-refractivity contribution < 1.29 is 9.53 Å². The fourth-order valence-corrected chi connectivity index (χ4v) is 3.53. The molecule has 0 aliphatic carbocycles. The van der Waals surface area contributed by atoms with E-state index in [2.05, 4.69) is 19.6 Å². The molecule has 1 unspecified atom stereocenters. The van der Waals surface area contributed by atoms with Crippen molar-refractivity contribution in [3.05, 3.63) is 60.7 Å². The van der Waals surface area contributed by atoms with Gasteiger partial charge in [0.05, 0.1) is 0 Å². The highest BCUT2D eigenvalue weighted by Gasteiger charge is 2.11. The smallest absolute Gasteiger partial charge is 0.331 e. The van der Waals surface area contributed by atoms with Gasteiger partial charge in [0, 0.05) is 6.08 Å². The predicted octanol–water partition coefficient (Wildman–Crippen LogP) is 8.49. The largest absolute Gasteiger partial charge is 0.450 e. The summed E-state index contributed by atoms with van der Waals surface area (Å²) in [7, 11) is 0. The molecule has 0 spiro atoms. The van der Waals surface area contributed by atoms with Gasteiger partial charge in [0.15, 0.2) is 0 Å². The Morgan fingerprint density at radius 1 is 0.862 bits per heavy atom. The molecular formula is C27H42O2. The van der Waals surface area contributed by atoms with Crippen LogP contribution in [0.1, 0.15) is 108 Å². The molecule has 0 amide bonds. The highest BCUT2D eigenvalue weighted by Crippen LogP contribution is 2.20.